The molecule has 0 atom stereocenters. The molecule has 94 valence electrons. The predicted molar refractivity (Wildman–Crippen MR) is 66.1 cm³/mol. The van der Waals surface area contributed by atoms with Crippen molar-refractivity contribution >= 4 is 23.1 Å². The summed E-state index contributed by atoms with van der Waals surface area (Å²) in [4.78, 5) is 0. The van der Waals surface area contributed by atoms with E-state index >= 15 is 0 Å². The molecule has 0 aliphatic carbocycles. The summed E-state index contributed by atoms with van der Waals surface area (Å²) in [7, 11) is 0. The van der Waals surface area contributed by atoms with Gasteiger partial charge in [-0.1, -0.05) is 25.7 Å². The summed E-state index contributed by atoms with van der Waals surface area (Å²) in [6.07, 6.45) is 7.46. The topological polar surface area (TPSA) is 18.5 Å². The normalized spacial score (nSPS) is 9.38. The molecule has 0 amide bonds. The van der Waals surface area contributed by atoms with E-state index in [4.69, 9.17) is 9.47 Å². The van der Waals surface area contributed by atoms with Crippen molar-refractivity contribution in [3.05, 3.63) is 6.92 Å². The second-order valence-corrected chi connectivity index (χ2v) is 3.43. The van der Waals surface area contributed by atoms with E-state index in [2.05, 4.69) is 6.92 Å². The molecule has 0 saturated carbocycles. The van der Waals surface area contributed by atoms with Crippen LogP contribution in [0.5, 0.6) is 0 Å². The van der Waals surface area contributed by atoms with Gasteiger partial charge in [-0.05, 0) is 13.3 Å². The number of rotatable bonds is 11. The van der Waals surface area contributed by atoms with E-state index in [9.17, 15) is 0 Å². The molecule has 0 aliphatic heterocycles. The first-order valence-electron chi connectivity index (χ1n) is 5.86. The van der Waals surface area contributed by atoms with Crippen LogP contribution in [0.4, 0.5) is 0 Å². The Hall–Kier alpha value is 1.17. The number of unbranched alkanes of at least 4 members (excludes halogenated alkanes) is 5. The van der Waals surface area contributed by atoms with Gasteiger partial charge in [-0.15, -0.1) is 0 Å². The van der Waals surface area contributed by atoms with Gasteiger partial charge in [0.05, 0.1) is 13.2 Å². The third kappa shape index (κ3) is 20.6. The van der Waals surface area contributed by atoms with E-state index < -0.39 is 0 Å². The molecule has 0 fully saturated rings. The van der Waals surface area contributed by atoms with Gasteiger partial charge in [0.1, 0.15) is 0 Å². The van der Waals surface area contributed by atoms with E-state index in [1.165, 1.54) is 32.1 Å². The first-order chi connectivity index (χ1) is 6.91. The van der Waals surface area contributed by atoms with Gasteiger partial charge in [0.15, 0.2) is 0 Å². The fraction of sp³-hybridized carbons (Fsp3) is 0.917. The Bertz CT molecular complexity index is 93.0. The van der Waals surface area contributed by atoms with E-state index in [1.807, 2.05) is 6.92 Å². The van der Waals surface area contributed by atoms with Gasteiger partial charge in [0, 0.05) is 13.2 Å². The summed E-state index contributed by atoms with van der Waals surface area (Å²) in [5.74, 6) is 0. The molecule has 0 aromatic carbocycles. The number of halogens is 1. The first kappa shape index (κ1) is 22.4. The molecular formula is C12H25BrMgO2. The molecule has 0 unspecified atom stereocenters. The molecular weight excluding hydrogens is 280 g/mol. The van der Waals surface area contributed by atoms with Crippen LogP contribution in [-0.4, -0.2) is 49.5 Å². The zero-order valence-corrected chi connectivity index (χ0v) is 13.7. The van der Waals surface area contributed by atoms with Crippen molar-refractivity contribution in [2.45, 2.75) is 45.4 Å². The monoisotopic (exact) mass is 304 g/mol. The molecule has 2 nitrogen and oxygen atoms in total. The summed E-state index contributed by atoms with van der Waals surface area (Å²) in [5.41, 5.74) is 0. The van der Waals surface area contributed by atoms with Crippen LogP contribution >= 0.6 is 0 Å². The maximum absolute atomic E-state index is 5.40. The third-order valence-electron chi connectivity index (χ3n) is 2.11. The van der Waals surface area contributed by atoms with Crippen LogP contribution in [0.3, 0.4) is 0 Å². The average Bonchev–Trinajstić information content (AvgIpc) is 2.21. The molecule has 0 saturated heterocycles. The standard InChI is InChI=1S/C12H25O2.BrH.Mg/c1-3-5-6-7-8-9-10-14-12-11-13-4-2;;/h1,3-12H2,2H3;1H;/q-1;;+2/p-1. The number of hydrogen-bond acceptors (Lipinski definition) is 2. The molecule has 0 aliphatic rings. The molecule has 0 aromatic heterocycles. The molecule has 16 heavy (non-hydrogen) atoms. The smallest absolute Gasteiger partial charge is 1.00 e. The third-order valence-corrected chi connectivity index (χ3v) is 2.11. The van der Waals surface area contributed by atoms with Gasteiger partial charge >= 0.3 is 23.1 Å². The summed E-state index contributed by atoms with van der Waals surface area (Å²) in [5, 5.41) is 0. The van der Waals surface area contributed by atoms with Gasteiger partial charge in [-0.2, -0.15) is 6.42 Å². The minimum Gasteiger partial charge on any atom is -1.00 e. The Morgan fingerprint density at radius 2 is 1.38 bits per heavy atom. The van der Waals surface area contributed by atoms with Crippen LogP contribution in [-0.2, 0) is 9.47 Å². The Balaban J connectivity index is -0.000000845. The average molecular weight is 306 g/mol. The molecule has 0 aromatic rings. The molecule has 0 spiro atoms. The van der Waals surface area contributed by atoms with Gasteiger partial charge in [0.2, 0.25) is 0 Å². The van der Waals surface area contributed by atoms with Crippen molar-refractivity contribution in [3.8, 4) is 0 Å². The van der Waals surface area contributed by atoms with Crippen molar-refractivity contribution in [3.63, 3.8) is 0 Å². The number of ether oxygens (including phenoxy) is 2. The van der Waals surface area contributed by atoms with E-state index in [0.29, 0.717) is 0 Å². The molecule has 4 heteroatoms. The minimum absolute atomic E-state index is 0. The van der Waals surface area contributed by atoms with Gasteiger partial charge in [0.25, 0.3) is 0 Å². The van der Waals surface area contributed by atoms with Crippen LogP contribution in [0, 0.1) is 6.92 Å². The zero-order valence-electron chi connectivity index (χ0n) is 10.7. The Kier molecular flexibility index (Phi) is 30.0. The molecule has 0 bridgehead atoms. The van der Waals surface area contributed by atoms with Crippen LogP contribution < -0.4 is 17.0 Å². The van der Waals surface area contributed by atoms with Crippen molar-refractivity contribution in [1.29, 1.82) is 0 Å². The Morgan fingerprint density at radius 1 is 0.812 bits per heavy atom. The van der Waals surface area contributed by atoms with Crippen molar-refractivity contribution in [1.82, 2.24) is 0 Å². The van der Waals surface area contributed by atoms with E-state index in [-0.39, 0.29) is 40.0 Å². The summed E-state index contributed by atoms with van der Waals surface area (Å²) >= 11 is 0. The van der Waals surface area contributed by atoms with Gasteiger partial charge in [-0.3, -0.25) is 0 Å². The SMILES string of the molecule is [Br-].[CH2-]CCCCCCCOCCOCC.[Mg+2]. The van der Waals surface area contributed by atoms with Crippen LogP contribution in [0.15, 0.2) is 0 Å². The molecule has 0 rings (SSSR count). The van der Waals surface area contributed by atoms with Crippen LogP contribution in [0.1, 0.15) is 45.4 Å². The van der Waals surface area contributed by atoms with Crippen LogP contribution in [0.2, 0.25) is 0 Å². The van der Waals surface area contributed by atoms with Crippen molar-refractivity contribution in [2.75, 3.05) is 26.4 Å². The Morgan fingerprint density at radius 3 is 2.00 bits per heavy atom. The van der Waals surface area contributed by atoms with E-state index in [1.54, 1.807) is 0 Å². The Labute approximate surface area is 128 Å². The molecule has 0 heterocycles. The van der Waals surface area contributed by atoms with Gasteiger partial charge in [-0.25, -0.2) is 0 Å². The van der Waals surface area contributed by atoms with Gasteiger partial charge < -0.3 is 33.4 Å². The number of hydrogen-bond donors (Lipinski definition) is 0. The fourth-order valence-corrected chi connectivity index (χ4v) is 1.28. The fourth-order valence-electron chi connectivity index (χ4n) is 1.28. The van der Waals surface area contributed by atoms with E-state index in [0.717, 1.165) is 32.8 Å². The zero-order chi connectivity index (χ0) is 10.5. The summed E-state index contributed by atoms with van der Waals surface area (Å²) in [6, 6.07) is 0. The first-order valence-corrected chi connectivity index (χ1v) is 5.86. The van der Waals surface area contributed by atoms with Crippen LogP contribution in [0.25, 0.3) is 0 Å². The second kappa shape index (κ2) is 21.5. The second-order valence-electron chi connectivity index (χ2n) is 3.43. The maximum Gasteiger partial charge on any atom is 2.00 e. The quantitative estimate of drug-likeness (QED) is 0.300. The molecule has 0 radical (unpaired) electrons. The van der Waals surface area contributed by atoms with Crippen molar-refractivity contribution < 1.29 is 26.5 Å². The predicted octanol–water partition coefficient (Wildman–Crippen LogP) is -0.163. The maximum atomic E-state index is 5.40. The van der Waals surface area contributed by atoms with Crippen molar-refractivity contribution in [2.24, 2.45) is 0 Å². The summed E-state index contributed by atoms with van der Waals surface area (Å²) < 4.78 is 10.6. The summed E-state index contributed by atoms with van der Waals surface area (Å²) in [6.45, 7) is 8.97. The minimum atomic E-state index is 0. The molecule has 0 N–H and O–H groups in total. The largest absolute Gasteiger partial charge is 2.00 e.